The van der Waals surface area contributed by atoms with Crippen LogP contribution in [0.4, 0.5) is 0 Å². The van der Waals surface area contributed by atoms with E-state index >= 15 is 0 Å². The first-order valence-corrected chi connectivity index (χ1v) is 9.50. The minimum Gasteiger partial charge on any atom is -0.390 e. The molecule has 2 heterocycles. The number of aliphatic hydroxyl groups excluding tert-OH is 1. The SMILES string of the molecule is N[C@H]1c2ccccc2C2(CCN(C(=O)c3ccc4[nH]ccc4c3)CC2)[C@@H]1O. The molecule has 138 valence electrons. The first-order valence-electron chi connectivity index (χ1n) is 9.50. The number of rotatable bonds is 1. The van der Waals surface area contributed by atoms with Crippen LogP contribution in [-0.2, 0) is 5.41 Å². The van der Waals surface area contributed by atoms with Crippen molar-refractivity contribution in [1.29, 1.82) is 0 Å². The van der Waals surface area contributed by atoms with Crippen LogP contribution in [0.2, 0.25) is 0 Å². The van der Waals surface area contributed by atoms with Crippen LogP contribution >= 0.6 is 0 Å². The van der Waals surface area contributed by atoms with E-state index in [2.05, 4.69) is 11.1 Å². The molecule has 0 unspecified atom stereocenters. The quantitative estimate of drug-likeness (QED) is 0.623. The lowest BCUT2D eigenvalue weighted by molar-refractivity contribution is 0.0262. The summed E-state index contributed by atoms with van der Waals surface area (Å²) in [5, 5.41) is 11.9. The zero-order valence-corrected chi connectivity index (χ0v) is 15.1. The molecule has 0 radical (unpaired) electrons. The number of hydrogen-bond donors (Lipinski definition) is 3. The summed E-state index contributed by atoms with van der Waals surface area (Å²) in [5.74, 6) is 0.0537. The Morgan fingerprint density at radius 1 is 1.15 bits per heavy atom. The van der Waals surface area contributed by atoms with Crippen molar-refractivity contribution < 1.29 is 9.90 Å². The summed E-state index contributed by atoms with van der Waals surface area (Å²) in [6, 6.07) is 15.5. The van der Waals surface area contributed by atoms with Gasteiger partial charge < -0.3 is 20.7 Å². The number of aromatic amines is 1. The van der Waals surface area contributed by atoms with Gasteiger partial charge in [0.25, 0.3) is 5.91 Å². The number of hydrogen-bond acceptors (Lipinski definition) is 3. The highest BCUT2D eigenvalue weighted by molar-refractivity contribution is 5.98. The number of nitrogens with zero attached hydrogens (tertiary/aromatic N) is 1. The zero-order chi connectivity index (χ0) is 18.6. The Morgan fingerprint density at radius 3 is 2.74 bits per heavy atom. The Kier molecular flexibility index (Phi) is 3.64. The Hall–Kier alpha value is -2.63. The molecule has 0 bridgehead atoms. The normalized spacial score (nSPS) is 23.7. The van der Waals surface area contributed by atoms with Crippen molar-refractivity contribution in [2.45, 2.75) is 30.4 Å². The third-order valence-electron chi connectivity index (χ3n) is 6.51. The molecule has 1 amide bonds. The number of H-pyrrole nitrogens is 1. The Morgan fingerprint density at radius 2 is 1.93 bits per heavy atom. The molecule has 5 heteroatoms. The van der Waals surface area contributed by atoms with Gasteiger partial charge >= 0.3 is 0 Å². The summed E-state index contributed by atoms with van der Waals surface area (Å²) >= 11 is 0. The van der Waals surface area contributed by atoms with Crippen LogP contribution in [0.1, 0.15) is 40.4 Å². The van der Waals surface area contributed by atoms with Gasteiger partial charge in [0.2, 0.25) is 0 Å². The zero-order valence-electron chi connectivity index (χ0n) is 15.1. The topological polar surface area (TPSA) is 82.3 Å². The molecular weight excluding hydrogens is 338 g/mol. The lowest BCUT2D eigenvalue weighted by Gasteiger charge is -2.42. The second kappa shape index (κ2) is 5.94. The number of fused-ring (bicyclic) bond motifs is 3. The smallest absolute Gasteiger partial charge is 0.253 e. The van der Waals surface area contributed by atoms with Gasteiger partial charge in [0, 0.05) is 41.2 Å². The number of nitrogens with one attached hydrogen (secondary N) is 1. The lowest BCUT2D eigenvalue weighted by Crippen LogP contribution is -2.50. The van der Waals surface area contributed by atoms with E-state index in [1.807, 2.05) is 53.6 Å². The highest BCUT2D eigenvalue weighted by Crippen LogP contribution is 2.50. The van der Waals surface area contributed by atoms with E-state index in [0.29, 0.717) is 18.7 Å². The molecule has 2 atom stereocenters. The number of carbonyl (C=O) groups is 1. The van der Waals surface area contributed by atoms with Crippen molar-refractivity contribution >= 4 is 16.8 Å². The summed E-state index contributed by atoms with van der Waals surface area (Å²) in [6.07, 6.45) is 2.75. The number of piperidine rings is 1. The number of likely N-dealkylation sites (tertiary alicyclic amines) is 1. The van der Waals surface area contributed by atoms with Gasteiger partial charge in [-0.1, -0.05) is 24.3 Å². The molecule has 1 aliphatic carbocycles. The predicted molar refractivity (Wildman–Crippen MR) is 104 cm³/mol. The minimum atomic E-state index is -0.594. The van der Waals surface area contributed by atoms with E-state index in [9.17, 15) is 9.90 Å². The Bertz CT molecular complexity index is 1020. The first kappa shape index (κ1) is 16.5. The van der Waals surface area contributed by atoms with Gasteiger partial charge in [-0.05, 0) is 48.2 Å². The molecular formula is C22H23N3O2. The second-order valence-electron chi connectivity index (χ2n) is 7.79. The fourth-order valence-electron chi connectivity index (χ4n) is 4.96. The van der Waals surface area contributed by atoms with Gasteiger partial charge in [-0.25, -0.2) is 0 Å². The van der Waals surface area contributed by atoms with Crippen LogP contribution in [-0.4, -0.2) is 40.1 Å². The molecule has 5 rings (SSSR count). The van der Waals surface area contributed by atoms with Gasteiger partial charge in [-0.3, -0.25) is 4.79 Å². The summed E-state index contributed by atoms with van der Waals surface area (Å²) < 4.78 is 0. The van der Waals surface area contributed by atoms with E-state index in [-0.39, 0.29) is 17.4 Å². The van der Waals surface area contributed by atoms with Crippen LogP contribution in [0.25, 0.3) is 10.9 Å². The van der Waals surface area contributed by atoms with E-state index < -0.39 is 6.10 Å². The molecule has 2 aliphatic rings. The average Bonchev–Trinajstić information content (AvgIpc) is 3.26. The molecule has 5 nitrogen and oxygen atoms in total. The molecule has 3 aromatic rings. The summed E-state index contributed by atoms with van der Waals surface area (Å²) in [7, 11) is 0. The standard InChI is InChI=1S/C22H23N3O2/c23-19-16-3-1-2-4-17(16)22(20(19)26)8-11-25(12-9-22)21(27)15-5-6-18-14(13-15)7-10-24-18/h1-7,10,13,19-20,24,26H,8-9,11-12,23H2/t19-,20+/m0/s1. The summed E-state index contributed by atoms with van der Waals surface area (Å²) in [6.45, 7) is 1.25. The number of nitrogens with two attached hydrogens (primary N) is 1. The Labute approximate surface area is 157 Å². The molecule has 2 aromatic carbocycles. The maximum atomic E-state index is 13.0. The molecule has 1 saturated heterocycles. The molecule has 1 aliphatic heterocycles. The molecule has 4 N–H and O–H groups in total. The number of amides is 1. The van der Waals surface area contributed by atoms with Crippen molar-refractivity contribution in [2.75, 3.05) is 13.1 Å². The average molecular weight is 361 g/mol. The van der Waals surface area contributed by atoms with Gasteiger partial charge in [-0.2, -0.15) is 0 Å². The lowest BCUT2D eigenvalue weighted by atomic mass is 9.72. The number of carbonyl (C=O) groups excluding carboxylic acids is 1. The van der Waals surface area contributed by atoms with E-state index in [4.69, 9.17) is 5.73 Å². The predicted octanol–water partition coefficient (Wildman–Crippen LogP) is 2.72. The molecule has 1 fully saturated rings. The molecule has 0 saturated carbocycles. The van der Waals surface area contributed by atoms with Crippen molar-refractivity contribution in [3.05, 3.63) is 71.4 Å². The molecule has 27 heavy (non-hydrogen) atoms. The van der Waals surface area contributed by atoms with Crippen LogP contribution in [0.5, 0.6) is 0 Å². The largest absolute Gasteiger partial charge is 0.390 e. The van der Waals surface area contributed by atoms with Gasteiger partial charge in [0.1, 0.15) is 0 Å². The van der Waals surface area contributed by atoms with E-state index in [0.717, 1.165) is 34.9 Å². The third kappa shape index (κ3) is 2.35. The summed E-state index contributed by atoms with van der Waals surface area (Å²) in [4.78, 5) is 18.0. The van der Waals surface area contributed by atoms with Crippen LogP contribution in [0.3, 0.4) is 0 Å². The molecule has 1 aromatic heterocycles. The number of aliphatic hydroxyl groups is 1. The first-order chi connectivity index (χ1) is 13.1. The van der Waals surface area contributed by atoms with E-state index in [1.54, 1.807) is 0 Å². The number of benzene rings is 2. The van der Waals surface area contributed by atoms with Crippen LogP contribution in [0.15, 0.2) is 54.7 Å². The van der Waals surface area contributed by atoms with Gasteiger partial charge in [0.05, 0.1) is 12.1 Å². The number of aromatic nitrogens is 1. The highest BCUT2D eigenvalue weighted by atomic mass is 16.3. The van der Waals surface area contributed by atoms with Crippen LogP contribution < -0.4 is 5.73 Å². The monoisotopic (exact) mass is 361 g/mol. The van der Waals surface area contributed by atoms with Crippen LogP contribution in [0, 0.1) is 0 Å². The van der Waals surface area contributed by atoms with Gasteiger partial charge in [0.15, 0.2) is 0 Å². The minimum absolute atomic E-state index is 0.0537. The van der Waals surface area contributed by atoms with Crippen molar-refractivity contribution in [3.63, 3.8) is 0 Å². The maximum Gasteiger partial charge on any atom is 0.253 e. The fourth-order valence-corrected chi connectivity index (χ4v) is 4.96. The summed E-state index contributed by atoms with van der Waals surface area (Å²) in [5.41, 5.74) is 9.90. The van der Waals surface area contributed by atoms with Crippen molar-refractivity contribution in [2.24, 2.45) is 5.73 Å². The second-order valence-corrected chi connectivity index (χ2v) is 7.79. The fraction of sp³-hybridized carbons (Fsp3) is 0.318. The van der Waals surface area contributed by atoms with Crippen molar-refractivity contribution in [3.8, 4) is 0 Å². The van der Waals surface area contributed by atoms with Crippen molar-refractivity contribution in [1.82, 2.24) is 9.88 Å². The third-order valence-corrected chi connectivity index (χ3v) is 6.51. The highest BCUT2D eigenvalue weighted by Gasteiger charge is 2.51. The Balaban J connectivity index is 1.39. The maximum absolute atomic E-state index is 13.0. The van der Waals surface area contributed by atoms with E-state index in [1.165, 1.54) is 0 Å². The van der Waals surface area contributed by atoms with Gasteiger partial charge in [-0.15, -0.1) is 0 Å². The molecule has 1 spiro atoms.